The molecule has 2 rings (SSSR count). The van der Waals surface area contributed by atoms with Gasteiger partial charge < -0.3 is 15.2 Å². The van der Waals surface area contributed by atoms with Crippen LogP contribution in [0.2, 0.25) is 0 Å². The number of piperidine rings is 1. The highest BCUT2D eigenvalue weighted by Gasteiger charge is 2.42. The minimum atomic E-state index is -1.04. The van der Waals surface area contributed by atoms with Gasteiger partial charge in [-0.1, -0.05) is 30.3 Å². The number of thiol groups is 1. The van der Waals surface area contributed by atoms with Gasteiger partial charge in [0.05, 0.1) is 6.04 Å². The number of aliphatic hydroxyl groups is 1. The van der Waals surface area contributed by atoms with Crippen molar-refractivity contribution in [3.8, 4) is 0 Å². The molecule has 1 saturated heterocycles. The first kappa shape index (κ1) is 18.3. The fraction of sp³-hybridized carbons (Fsp3) is 0.588. The Labute approximate surface area is 143 Å². The van der Waals surface area contributed by atoms with E-state index in [-0.39, 0.29) is 0 Å². The van der Waals surface area contributed by atoms with Gasteiger partial charge in [0.1, 0.15) is 0 Å². The number of aliphatic hydroxyl groups excluding tert-OH is 1. The number of amides is 1. The average Bonchev–Trinajstić information content (AvgIpc) is 2.56. The Morgan fingerprint density at radius 3 is 2.61 bits per heavy atom. The Bertz CT molecular complexity index is 478. The second-order valence-electron chi connectivity index (χ2n) is 5.97. The summed E-state index contributed by atoms with van der Waals surface area (Å²) in [7, 11) is 0. The molecular formula is C17H26N2O3S. The molecule has 128 valence electrons. The molecule has 1 heterocycles. The molecule has 0 aliphatic carbocycles. The third-order valence-corrected chi connectivity index (χ3v) is 5.15. The van der Waals surface area contributed by atoms with E-state index in [2.05, 4.69) is 22.3 Å². The van der Waals surface area contributed by atoms with E-state index in [0.717, 1.165) is 32.5 Å². The summed E-state index contributed by atoms with van der Waals surface area (Å²) in [4.78, 5) is 13.3. The molecule has 2 unspecified atom stereocenters. The maximum atomic E-state index is 10.9. The molecule has 0 radical (unpaired) electrons. The van der Waals surface area contributed by atoms with E-state index in [1.54, 1.807) is 0 Å². The van der Waals surface area contributed by atoms with Crippen LogP contribution in [0.3, 0.4) is 0 Å². The van der Waals surface area contributed by atoms with E-state index >= 15 is 0 Å². The highest BCUT2D eigenvalue weighted by Crippen LogP contribution is 2.34. The summed E-state index contributed by atoms with van der Waals surface area (Å²) in [5.41, 5.74) is 1.29. The lowest BCUT2D eigenvalue weighted by Crippen LogP contribution is -2.58. The molecule has 2 N–H and O–H groups in total. The van der Waals surface area contributed by atoms with Gasteiger partial charge in [-0.25, -0.2) is 0 Å². The molecular weight excluding hydrogens is 312 g/mol. The van der Waals surface area contributed by atoms with Crippen molar-refractivity contribution in [1.82, 2.24) is 10.2 Å². The van der Waals surface area contributed by atoms with Crippen LogP contribution in [-0.4, -0.2) is 53.2 Å². The zero-order valence-electron chi connectivity index (χ0n) is 13.5. The number of rotatable bonds is 8. The van der Waals surface area contributed by atoms with Crippen LogP contribution < -0.4 is 5.32 Å². The van der Waals surface area contributed by atoms with E-state index in [1.807, 2.05) is 25.1 Å². The number of carbonyl (C=O) groups excluding carboxylic acids is 1. The lowest BCUT2D eigenvalue weighted by atomic mass is 9.87. The molecule has 0 saturated carbocycles. The monoisotopic (exact) mass is 338 g/mol. The summed E-state index contributed by atoms with van der Waals surface area (Å²) in [5, 5.41) is 12.8. The first-order valence-corrected chi connectivity index (χ1v) is 8.52. The minimum absolute atomic E-state index is 0.391. The van der Waals surface area contributed by atoms with Crippen LogP contribution in [0, 0.1) is 0 Å². The van der Waals surface area contributed by atoms with Gasteiger partial charge in [0.2, 0.25) is 6.41 Å². The van der Waals surface area contributed by atoms with Crippen molar-refractivity contribution in [2.24, 2.45) is 0 Å². The van der Waals surface area contributed by atoms with Crippen molar-refractivity contribution in [3.05, 3.63) is 35.9 Å². The molecule has 23 heavy (non-hydrogen) atoms. The van der Waals surface area contributed by atoms with E-state index in [1.165, 1.54) is 5.56 Å². The van der Waals surface area contributed by atoms with Crippen LogP contribution in [0.4, 0.5) is 0 Å². The van der Waals surface area contributed by atoms with Gasteiger partial charge >= 0.3 is 0 Å². The SMILES string of the molecule is CCOC(O)C(NC=O)C1(S)CCN(Cc2ccccc2)CC1. The Morgan fingerprint density at radius 2 is 2.04 bits per heavy atom. The van der Waals surface area contributed by atoms with Crippen LogP contribution in [0.5, 0.6) is 0 Å². The molecule has 1 amide bonds. The molecule has 1 aromatic carbocycles. The number of nitrogens with zero attached hydrogens (tertiary/aromatic N) is 1. The summed E-state index contributed by atoms with van der Waals surface area (Å²) in [5.74, 6) is 0. The standard InChI is InChI=1S/C17H26N2O3S/c1-2-22-16(21)15(18-13-20)17(23)8-10-19(11-9-17)12-14-6-4-3-5-7-14/h3-7,13,15-16,21,23H,2,8-12H2,1H3,(H,18,20). The van der Waals surface area contributed by atoms with Crippen LogP contribution >= 0.6 is 12.6 Å². The Hall–Kier alpha value is -1.08. The number of benzene rings is 1. The number of ether oxygens (including phenoxy) is 1. The molecule has 1 aromatic rings. The molecule has 6 heteroatoms. The quantitative estimate of drug-likeness (QED) is 0.381. The van der Waals surface area contributed by atoms with E-state index in [4.69, 9.17) is 17.4 Å². The zero-order valence-corrected chi connectivity index (χ0v) is 14.4. The summed E-state index contributed by atoms with van der Waals surface area (Å²) >= 11 is 4.79. The lowest BCUT2D eigenvalue weighted by Gasteiger charge is -2.44. The molecule has 2 atom stereocenters. The number of likely N-dealkylation sites (tertiary alicyclic amines) is 1. The number of hydrogen-bond donors (Lipinski definition) is 3. The second-order valence-corrected chi connectivity index (χ2v) is 6.86. The first-order valence-electron chi connectivity index (χ1n) is 8.07. The summed E-state index contributed by atoms with van der Waals surface area (Å²) in [6, 6.07) is 9.84. The second kappa shape index (κ2) is 8.68. The van der Waals surface area contributed by atoms with Crippen molar-refractivity contribution in [1.29, 1.82) is 0 Å². The van der Waals surface area contributed by atoms with Crippen molar-refractivity contribution in [3.63, 3.8) is 0 Å². The lowest BCUT2D eigenvalue weighted by molar-refractivity contribution is -0.133. The van der Waals surface area contributed by atoms with Crippen LogP contribution in [-0.2, 0) is 16.1 Å². The molecule has 0 bridgehead atoms. The number of nitrogens with one attached hydrogen (secondary N) is 1. The van der Waals surface area contributed by atoms with Gasteiger partial charge in [0.25, 0.3) is 0 Å². The summed E-state index contributed by atoms with van der Waals surface area (Å²) in [6.45, 7) is 4.85. The largest absolute Gasteiger partial charge is 0.366 e. The highest BCUT2D eigenvalue weighted by molar-refractivity contribution is 7.81. The smallest absolute Gasteiger partial charge is 0.207 e. The summed E-state index contributed by atoms with van der Waals surface area (Å²) < 4.78 is 4.80. The Kier molecular flexibility index (Phi) is 6.89. The molecule has 1 fully saturated rings. The van der Waals surface area contributed by atoms with E-state index < -0.39 is 17.1 Å². The fourth-order valence-electron chi connectivity index (χ4n) is 3.09. The topological polar surface area (TPSA) is 61.8 Å². The van der Waals surface area contributed by atoms with Crippen molar-refractivity contribution in [2.75, 3.05) is 19.7 Å². The number of hydrogen-bond acceptors (Lipinski definition) is 5. The van der Waals surface area contributed by atoms with Gasteiger partial charge in [-0.15, -0.1) is 0 Å². The third kappa shape index (κ3) is 4.94. The Morgan fingerprint density at radius 1 is 1.39 bits per heavy atom. The minimum Gasteiger partial charge on any atom is -0.366 e. The predicted octanol–water partition coefficient (Wildman–Crippen LogP) is 1.42. The van der Waals surface area contributed by atoms with Gasteiger partial charge in [-0.05, 0) is 38.4 Å². The predicted molar refractivity (Wildman–Crippen MR) is 93.3 cm³/mol. The van der Waals surface area contributed by atoms with E-state index in [9.17, 15) is 9.90 Å². The van der Waals surface area contributed by atoms with Crippen molar-refractivity contribution in [2.45, 2.75) is 43.4 Å². The van der Waals surface area contributed by atoms with Crippen LogP contribution in [0.1, 0.15) is 25.3 Å². The van der Waals surface area contributed by atoms with Crippen molar-refractivity contribution < 1.29 is 14.6 Å². The molecule has 0 spiro atoms. The maximum absolute atomic E-state index is 10.9. The zero-order chi connectivity index (χ0) is 16.7. The van der Waals surface area contributed by atoms with Crippen LogP contribution in [0.25, 0.3) is 0 Å². The van der Waals surface area contributed by atoms with Gasteiger partial charge in [0.15, 0.2) is 6.29 Å². The maximum Gasteiger partial charge on any atom is 0.207 e. The highest BCUT2D eigenvalue weighted by atomic mass is 32.1. The number of carbonyl (C=O) groups is 1. The molecule has 0 aromatic heterocycles. The normalized spacial score (nSPS) is 20.7. The summed E-state index contributed by atoms with van der Waals surface area (Å²) in [6.07, 6.45) is 1.13. The third-order valence-electron chi connectivity index (χ3n) is 4.42. The molecule has 1 aliphatic rings. The average molecular weight is 338 g/mol. The first-order chi connectivity index (χ1) is 11.1. The van der Waals surface area contributed by atoms with Crippen LogP contribution in [0.15, 0.2) is 30.3 Å². The van der Waals surface area contributed by atoms with Gasteiger partial charge in [-0.2, -0.15) is 12.6 Å². The van der Waals surface area contributed by atoms with Crippen molar-refractivity contribution >= 4 is 19.0 Å². The van der Waals surface area contributed by atoms with Gasteiger partial charge in [-0.3, -0.25) is 9.69 Å². The molecule has 1 aliphatic heterocycles. The fourth-order valence-corrected chi connectivity index (χ4v) is 3.50. The molecule has 5 nitrogen and oxygen atoms in total. The van der Waals surface area contributed by atoms with E-state index in [0.29, 0.717) is 13.0 Å². The Balaban J connectivity index is 1.95. The van der Waals surface area contributed by atoms with Gasteiger partial charge in [0, 0.05) is 17.9 Å².